The average Bonchev–Trinajstić information content (AvgIpc) is 3.31. The van der Waals surface area contributed by atoms with E-state index < -0.39 is 0 Å². The number of fused-ring (bicyclic) bond motifs is 1. The highest BCUT2D eigenvalue weighted by atomic mass is 32.1. The molecule has 0 bridgehead atoms. The number of nitrogens with zero attached hydrogens (tertiary/aromatic N) is 2. The summed E-state index contributed by atoms with van der Waals surface area (Å²) in [5.74, 6) is -0.0436. The molecule has 0 spiro atoms. The van der Waals surface area contributed by atoms with Crippen LogP contribution >= 0.6 is 11.3 Å². The Labute approximate surface area is 203 Å². The zero-order valence-corrected chi connectivity index (χ0v) is 20.5. The summed E-state index contributed by atoms with van der Waals surface area (Å²) in [4.78, 5) is 31.4. The molecule has 2 heterocycles. The number of hydrogen-bond donors (Lipinski definition) is 0. The van der Waals surface area contributed by atoms with Crippen molar-refractivity contribution < 1.29 is 18.7 Å². The van der Waals surface area contributed by atoms with E-state index in [4.69, 9.17) is 4.74 Å². The van der Waals surface area contributed by atoms with Gasteiger partial charge in [0, 0.05) is 23.0 Å². The molecule has 2 aromatic carbocycles. The molecule has 0 fully saturated rings. The lowest BCUT2D eigenvalue weighted by Crippen LogP contribution is -2.49. The number of rotatable bonds is 7. The quantitative estimate of drug-likeness (QED) is 0.464. The third kappa shape index (κ3) is 5.30. The van der Waals surface area contributed by atoms with Crippen molar-refractivity contribution in [1.82, 2.24) is 9.80 Å². The topological polar surface area (TPSA) is 49.9 Å². The van der Waals surface area contributed by atoms with E-state index in [1.54, 1.807) is 40.5 Å². The van der Waals surface area contributed by atoms with Gasteiger partial charge in [0.25, 0.3) is 5.91 Å². The van der Waals surface area contributed by atoms with Gasteiger partial charge < -0.3 is 14.5 Å². The van der Waals surface area contributed by atoms with Gasteiger partial charge in [0.1, 0.15) is 24.7 Å². The zero-order valence-electron chi connectivity index (χ0n) is 19.7. The third-order valence-electron chi connectivity index (χ3n) is 6.13. The van der Waals surface area contributed by atoms with Gasteiger partial charge in [-0.15, -0.1) is 11.3 Å². The summed E-state index contributed by atoms with van der Waals surface area (Å²) in [5.41, 5.74) is 2.72. The van der Waals surface area contributed by atoms with Crippen LogP contribution in [0.15, 0.2) is 60.0 Å². The van der Waals surface area contributed by atoms with Gasteiger partial charge in [0.15, 0.2) is 0 Å². The van der Waals surface area contributed by atoms with Gasteiger partial charge >= 0.3 is 0 Å². The highest BCUT2D eigenvalue weighted by Crippen LogP contribution is 2.34. The number of halogens is 1. The molecule has 0 N–H and O–H groups in total. The number of amides is 2. The maximum absolute atomic E-state index is 13.5. The first-order valence-electron chi connectivity index (χ1n) is 11.4. The van der Waals surface area contributed by atoms with E-state index in [0.717, 1.165) is 17.5 Å². The molecule has 0 radical (unpaired) electrons. The fraction of sp³-hybridized carbons (Fsp3) is 0.333. The normalized spacial score (nSPS) is 15.2. The van der Waals surface area contributed by atoms with Crippen LogP contribution in [0, 0.1) is 12.7 Å². The molecule has 1 aromatic heterocycles. The third-order valence-corrected chi connectivity index (χ3v) is 7.12. The van der Waals surface area contributed by atoms with Crippen LogP contribution in [0.4, 0.5) is 4.39 Å². The summed E-state index contributed by atoms with van der Waals surface area (Å²) < 4.78 is 19.2. The van der Waals surface area contributed by atoms with E-state index in [0.29, 0.717) is 17.9 Å². The Morgan fingerprint density at radius 3 is 2.50 bits per heavy atom. The lowest BCUT2D eigenvalue weighted by Gasteiger charge is -2.37. The van der Waals surface area contributed by atoms with Crippen molar-refractivity contribution in [1.29, 1.82) is 0 Å². The SMILES string of the molecule is Cc1ccc(C(=O)N(CC(=O)N2CCc3sccc3[C@@H]2COc2ccc(F)cc2)C(C)C)cc1. The Kier molecular flexibility index (Phi) is 7.32. The minimum Gasteiger partial charge on any atom is -0.491 e. The Balaban J connectivity index is 1.52. The van der Waals surface area contributed by atoms with Crippen LogP contribution in [0.25, 0.3) is 0 Å². The van der Waals surface area contributed by atoms with Gasteiger partial charge in [-0.3, -0.25) is 9.59 Å². The molecular weight excluding hydrogens is 451 g/mol. The van der Waals surface area contributed by atoms with E-state index in [1.807, 2.05) is 49.3 Å². The van der Waals surface area contributed by atoms with Crippen molar-refractivity contribution in [3.63, 3.8) is 0 Å². The van der Waals surface area contributed by atoms with Crippen LogP contribution < -0.4 is 4.74 Å². The van der Waals surface area contributed by atoms with E-state index in [9.17, 15) is 14.0 Å². The number of carbonyl (C=O) groups excluding carboxylic acids is 2. The van der Waals surface area contributed by atoms with Crippen molar-refractivity contribution >= 4 is 23.2 Å². The number of carbonyl (C=O) groups is 2. The number of benzene rings is 2. The second-order valence-corrected chi connectivity index (χ2v) is 9.81. The van der Waals surface area contributed by atoms with Crippen molar-refractivity contribution in [3.8, 4) is 5.75 Å². The van der Waals surface area contributed by atoms with Crippen molar-refractivity contribution in [2.45, 2.75) is 39.3 Å². The fourth-order valence-electron chi connectivity index (χ4n) is 4.17. The molecule has 1 aliphatic rings. The minimum absolute atomic E-state index is 0.00308. The van der Waals surface area contributed by atoms with Crippen LogP contribution in [-0.4, -0.2) is 47.4 Å². The first kappa shape index (κ1) is 24.0. The average molecular weight is 481 g/mol. The number of hydrogen-bond acceptors (Lipinski definition) is 4. The highest BCUT2D eigenvalue weighted by Gasteiger charge is 2.34. The maximum Gasteiger partial charge on any atom is 0.254 e. The summed E-state index contributed by atoms with van der Waals surface area (Å²) in [6.45, 7) is 6.63. The number of ether oxygens (including phenoxy) is 1. The molecule has 178 valence electrons. The van der Waals surface area contributed by atoms with Gasteiger partial charge in [-0.05, 0) is 80.6 Å². The summed E-state index contributed by atoms with van der Waals surface area (Å²) in [6.07, 6.45) is 0.777. The van der Waals surface area contributed by atoms with Crippen LogP contribution in [0.1, 0.15) is 46.3 Å². The Bertz CT molecular complexity index is 1140. The maximum atomic E-state index is 13.5. The van der Waals surface area contributed by atoms with Gasteiger partial charge in [0.05, 0.1) is 6.04 Å². The predicted molar refractivity (Wildman–Crippen MR) is 132 cm³/mol. The molecule has 5 nitrogen and oxygen atoms in total. The molecule has 1 atom stereocenters. The van der Waals surface area contributed by atoms with Crippen molar-refractivity contribution in [2.75, 3.05) is 19.7 Å². The van der Waals surface area contributed by atoms with E-state index in [-0.39, 0.29) is 42.9 Å². The fourth-order valence-corrected chi connectivity index (χ4v) is 5.10. The largest absolute Gasteiger partial charge is 0.491 e. The molecule has 3 aromatic rings. The van der Waals surface area contributed by atoms with Crippen LogP contribution in [0.5, 0.6) is 5.75 Å². The Morgan fingerprint density at radius 1 is 1.12 bits per heavy atom. The van der Waals surface area contributed by atoms with Gasteiger partial charge in [-0.2, -0.15) is 0 Å². The molecule has 0 saturated heterocycles. The Morgan fingerprint density at radius 2 is 1.82 bits per heavy atom. The first-order valence-corrected chi connectivity index (χ1v) is 12.3. The molecule has 0 aliphatic carbocycles. The molecule has 4 rings (SSSR count). The molecule has 1 aliphatic heterocycles. The second kappa shape index (κ2) is 10.4. The molecule has 0 unspecified atom stereocenters. The van der Waals surface area contributed by atoms with Crippen LogP contribution in [0.2, 0.25) is 0 Å². The smallest absolute Gasteiger partial charge is 0.254 e. The molecular formula is C27H29FN2O3S. The molecule has 0 saturated carbocycles. The van der Waals surface area contributed by atoms with Crippen LogP contribution in [0.3, 0.4) is 0 Å². The lowest BCUT2D eigenvalue weighted by molar-refractivity contribution is -0.136. The van der Waals surface area contributed by atoms with E-state index >= 15 is 0 Å². The minimum atomic E-state index is -0.325. The molecule has 7 heteroatoms. The highest BCUT2D eigenvalue weighted by molar-refractivity contribution is 7.10. The summed E-state index contributed by atoms with van der Waals surface area (Å²) in [5, 5.41) is 2.03. The van der Waals surface area contributed by atoms with Gasteiger partial charge in [0.2, 0.25) is 5.91 Å². The van der Waals surface area contributed by atoms with Crippen molar-refractivity contribution in [2.24, 2.45) is 0 Å². The summed E-state index contributed by atoms with van der Waals surface area (Å²) in [7, 11) is 0. The monoisotopic (exact) mass is 480 g/mol. The molecule has 2 amide bonds. The second-order valence-electron chi connectivity index (χ2n) is 8.81. The van der Waals surface area contributed by atoms with E-state index in [2.05, 4.69) is 0 Å². The number of thiophene rings is 1. The Hall–Kier alpha value is -3.19. The lowest BCUT2D eigenvalue weighted by atomic mass is 10.00. The van der Waals surface area contributed by atoms with E-state index in [1.165, 1.54) is 17.0 Å². The first-order chi connectivity index (χ1) is 16.3. The number of aryl methyl sites for hydroxylation is 1. The van der Waals surface area contributed by atoms with Gasteiger partial charge in [-0.1, -0.05) is 17.7 Å². The van der Waals surface area contributed by atoms with Crippen molar-refractivity contribution in [3.05, 3.63) is 87.4 Å². The van der Waals surface area contributed by atoms with Gasteiger partial charge in [-0.25, -0.2) is 4.39 Å². The summed E-state index contributed by atoms with van der Waals surface area (Å²) in [6, 6.07) is 14.9. The zero-order chi connectivity index (χ0) is 24.2. The summed E-state index contributed by atoms with van der Waals surface area (Å²) >= 11 is 1.68. The molecule has 34 heavy (non-hydrogen) atoms. The van der Waals surface area contributed by atoms with Crippen LogP contribution in [-0.2, 0) is 11.2 Å². The predicted octanol–water partition coefficient (Wildman–Crippen LogP) is 5.25. The standard InChI is InChI=1S/C27H29FN2O3S/c1-18(2)30(27(32)20-6-4-19(3)5-7-20)16-26(31)29-14-12-25-23(13-15-34-25)24(29)17-33-22-10-8-21(28)9-11-22/h4-11,13,15,18,24H,12,14,16-17H2,1-3H3/t24-/m0/s1.